The van der Waals surface area contributed by atoms with Crippen molar-refractivity contribution < 1.29 is 29.3 Å². The summed E-state index contributed by atoms with van der Waals surface area (Å²) < 4.78 is 9.79. The summed E-state index contributed by atoms with van der Waals surface area (Å²) in [4.78, 5) is 23.5. The SMILES string of the molecule is C.O=C(OCCc1ccccc1)[C@H](O)[C@@H](O)C(=O)OCCc1ccccc1. The van der Waals surface area contributed by atoms with Gasteiger partial charge in [0.1, 0.15) is 0 Å². The number of esters is 2. The zero-order valence-corrected chi connectivity index (χ0v) is 14.3. The van der Waals surface area contributed by atoms with Gasteiger partial charge in [-0.3, -0.25) is 0 Å². The first-order chi connectivity index (χ1) is 12.6. The van der Waals surface area contributed by atoms with Gasteiger partial charge in [0, 0.05) is 12.8 Å². The van der Waals surface area contributed by atoms with Crippen LogP contribution >= 0.6 is 0 Å². The highest BCUT2D eigenvalue weighted by molar-refractivity contribution is 5.85. The average Bonchev–Trinajstić information content (AvgIpc) is 2.68. The van der Waals surface area contributed by atoms with E-state index in [1.807, 2.05) is 60.7 Å². The van der Waals surface area contributed by atoms with E-state index in [1.54, 1.807) is 0 Å². The molecular formula is C21H26O6. The third-order valence-electron chi connectivity index (χ3n) is 3.74. The molecule has 0 amide bonds. The van der Waals surface area contributed by atoms with Gasteiger partial charge in [-0.15, -0.1) is 0 Å². The van der Waals surface area contributed by atoms with Crippen molar-refractivity contribution in [3.63, 3.8) is 0 Å². The number of carbonyl (C=O) groups is 2. The standard InChI is InChI=1S/C20H22O6.CH4/c21-17(19(23)25-13-11-15-7-3-1-4-8-15)18(22)20(24)26-14-12-16-9-5-2-6-10-16;/h1-10,17-18,21-22H,11-14H2;1H4/t17-,18-;/m1./s1. The molecule has 0 bridgehead atoms. The Morgan fingerprint density at radius 2 is 1.04 bits per heavy atom. The van der Waals surface area contributed by atoms with Crippen LogP contribution in [0.2, 0.25) is 0 Å². The van der Waals surface area contributed by atoms with Crippen LogP contribution in [-0.4, -0.2) is 47.6 Å². The number of carbonyl (C=O) groups excluding carboxylic acids is 2. The summed E-state index contributed by atoms with van der Waals surface area (Å²) in [6.07, 6.45) is -3.02. The molecule has 0 aromatic heterocycles. The van der Waals surface area contributed by atoms with Crippen molar-refractivity contribution in [2.45, 2.75) is 32.5 Å². The fourth-order valence-electron chi connectivity index (χ4n) is 2.26. The molecule has 146 valence electrons. The first-order valence-corrected chi connectivity index (χ1v) is 8.35. The van der Waals surface area contributed by atoms with Gasteiger partial charge in [-0.05, 0) is 11.1 Å². The number of rotatable bonds is 9. The van der Waals surface area contributed by atoms with E-state index >= 15 is 0 Å². The molecular weight excluding hydrogens is 348 g/mol. The van der Waals surface area contributed by atoms with Crippen LogP contribution in [0.5, 0.6) is 0 Å². The van der Waals surface area contributed by atoms with Crippen molar-refractivity contribution >= 4 is 11.9 Å². The molecule has 0 fully saturated rings. The monoisotopic (exact) mass is 374 g/mol. The number of ether oxygens (including phenoxy) is 2. The molecule has 0 radical (unpaired) electrons. The summed E-state index contributed by atoms with van der Waals surface area (Å²) in [5, 5.41) is 19.5. The summed E-state index contributed by atoms with van der Waals surface area (Å²) in [6, 6.07) is 18.7. The number of aliphatic hydroxyl groups excluding tert-OH is 2. The third kappa shape index (κ3) is 7.60. The quantitative estimate of drug-likeness (QED) is 0.652. The second-order valence-electron chi connectivity index (χ2n) is 5.70. The zero-order chi connectivity index (χ0) is 18.8. The first kappa shape index (κ1) is 22.3. The van der Waals surface area contributed by atoms with E-state index < -0.39 is 24.1 Å². The topological polar surface area (TPSA) is 93.1 Å². The molecule has 2 atom stereocenters. The minimum absolute atomic E-state index is 0. The van der Waals surface area contributed by atoms with E-state index in [-0.39, 0.29) is 20.6 Å². The van der Waals surface area contributed by atoms with Crippen LogP contribution < -0.4 is 0 Å². The Morgan fingerprint density at radius 1 is 0.704 bits per heavy atom. The maximum Gasteiger partial charge on any atom is 0.338 e. The Labute approximate surface area is 159 Å². The van der Waals surface area contributed by atoms with Crippen LogP contribution in [0.4, 0.5) is 0 Å². The second-order valence-corrected chi connectivity index (χ2v) is 5.70. The highest BCUT2D eigenvalue weighted by atomic mass is 16.6. The smallest absolute Gasteiger partial charge is 0.338 e. The van der Waals surface area contributed by atoms with Crippen molar-refractivity contribution in [2.75, 3.05) is 13.2 Å². The molecule has 2 aromatic carbocycles. The lowest BCUT2D eigenvalue weighted by atomic mass is 10.1. The van der Waals surface area contributed by atoms with Crippen molar-refractivity contribution in [3.05, 3.63) is 71.8 Å². The maximum absolute atomic E-state index is 11.7. The fourth-order valence-corrected chi connectivity index (χ4v) is 2.26. The molecule has 0 aliphatic heterocycles. The van der Waals surface area contributed by atoms with Crippen LogP contribution in [0, 0.1) is 0 Å². The van der Waals surface area contributed by atoms with Gasteiger partial charge >= 0.3 is 11.9 Å². The molecule has 0 heterocycles. The summed E-state index contributed by atoms with van der Waals surface area (Å²) in [7, 11) is 0. The maximum atomic E-state index is 11.7. The van der Waals surface area contributed by atoms with E-state index in [0.29, 0.717) is 12.8 Å². The van der Waals surface area contributed by atoms with Crippen molar-refractivity contribution in [3.8, 4) is 0 Å². The molecule has 2 aromatic rings. The molecule has 6 nitrogen and oxygen atoms in total. The largest absolute Gasteiger partial charge is 0.463 e. The number of aliphatic hydroxyl groups is 2. The van der Waals surface area contributed by atoms with Gasteiger partial charge in [0.2, 0.25) is 0 Å². The normalized spacial score (nSPS) is 12.4. The van der Waals surface area contributed by atoms with E-state index in [2.05, 4.69) is 0 Å². The summed E-state index contributed by atoms with van der Waals surface area (Å²) in [5.41, 5.74) is 1.94. The highest BCUT2D eigenvalue weighted by Gasteiger charge is 2.32. The number of hydrogen-bond donors (Lipinski definition) is 2. The van der Waals surface area contributed by atoms with Crippen LogP contribution in [0.15, 0.2) is 60.7 Å². The van der Waals surface area contributed by atoms with Gasteiger partial charge < -0.3 is 19.7 Å². The van der Waals surface area contributed by atoms with Crippen LogP contribution in [0.3, 0.4) is 0 Å². The predicted molar refractivity (Wildman–Crippen MR) is 101 cm³/mol. The Morgan fingerprint density at radius 3 is 1.37 bits per heavy atom. The lowest BCUT2D eigenvalue weighted by Gasteiger charge is -2.16. The summed E-state index contributed by atoms with van der Waals surface area (Å²) >= 11 is 0. The molecule has 0 aliphatic carbocycles. The minimum Gasteiger partial charge on any atom is -0.463 e. The van der Waals surface area contributed by atoms with Crippen molar-refractivity contribution in [1.82, 2.24) is 0 Å². The molecule has 0 saturated heterocycles. The Kier molecular flexibility index (Phi) is 9.79. The molecule has 6 heteroatoms. The van der Waals surface area contributed by atoms with Crippen molar-refractivity contribution in [1.29, 1.82) is 0 Å². The lowest BCUT2D eigenvalue weighted by Crippen LogP contribution is -2.42. The molecule has 0 spiro atoms. The van der Waals surface area contributed by atoms with Gasteiger partial charge in [0.25, 0.3) is 0 Å². The van der Waals surface area contributed by atoms with Gasteiger partial charge in [0.05, 0.1) is 13.2 Å². The van der Waals surface area contributed by atoms with Crippen molar-refractivity contribution in [2.24, 2.45) is 0 Å². The molecule has 0 unspecified atom stereocenters. The minimum atomic E-state index is -1.98. The Hall–Kier alpha value is -2.70. The second kappa shape index (κ2) is 11.8. The van der Waals surface area contributed by atoms with Gasteiger partial charge in [0.15, 0.2) is 12.2 Å². The zero-order valence-electron chi connectivity index (χ0n) is 14.3. The van der Waals surface area contributed by atoms with E-state index in [9.17, 15) is 19.8 Å². The fraction of sp³-hybridized carbons (Fsp3) is 0.333. The molecule has 27 heavy (non-hydrogen) atoms. The Balaban J connectivity index is 0.00000364. The highest BCUT2D eigenvalue weighted by Crippen LogP contribution is 2.05. The molecule has 0 aliphatic rings. The van der Waals surface area contributed by atoms with Crippen LogP contribution in [0.25, 0.3) is 0 Å². The Bertz CT molecular complexity index is 625. The average molecular weight is 374 g/mol. The number of benzene rings is 2. The van der Waals surface area contributed by atoms with Gasteiger partial charge in [-0.2, -0.15) is 0 Å². The summed E-state index contributed by atoms with van der Waals surface area (Å²) in [5.74, 6) is -2.12. The first-order valence-electron chi connectivity index (χ1n) is 8.35. The van der Waals surface area contributed by atoms with Gasteiger partial charge in [-0.1, -0.05) is 68.1 Å². The number of hydrogen-bond acceptors (Lipinski definition) is 6. The van der Waals surface area contributed by atoms with Crippen LogP contribution in [-0.2, 0) is 31.9 Å². The van der Waals surface area contributed by atoms with E-state index in [4.69, 9.17) is 9.47 Å². The van der Waals surface area contributed by atoms with Gasteiger partial charge in [-0.25, -0.2) is 9.59 Å². The molecule has 2 N–H and O–H groups in total. The third-order valence-corrected chi connectivity index (χ3v) is 3.74. The molecule has 2 rings (SSSR count). The predicted octanol–water partition coefficient (Wildman–Crippen LogP) is 1.92. The van der Waals surface area contributed by atoms with E-state index in [0.717, 1.165) is 11.1 Å². The molecule has 0 saturated carbocycles. The van der Waals surface area contributed by atoms with Crippen LogP contribution in [0.1, 0.15) is 18.6 Å². The van der Waals surface area contributed by atoms with E-state index in [1.165, 1.54) is 0 Å². The lowest BCUT2D eigenvalue weighted by molar-refractivity contribution is -0.173. The summed E-state index contributed by atoms with van der Waals surface area (Å²) in [6.45, 7) is 0.0748.